The molecule has 0 heterocycles. The molecular formula is C13H8Cl3F. The van der Waals surface area contributed by atoms with Gasteiger partial charge in [-0.15, -0.1) is 11.6 Å². The fraction of sp³-hybridized carbons (Fsp3) is 0.0769. The van der Waals surface area contributed by atoms with Crippen molar-refractivity contribution in [3.63, 3.8) is 0 Å². The second-order valence-corrected chi connectivity index (χ2v) is 4.65. The van der Waals surface area contributed by atoms with Gasteiger partial charge in [-0.3, -0.25) is 0 Å². The van der Waals surface area contributed by atoms with Crippen molar-refractivity contribution in [1.82, 2.24) is 0 Å². The monoisotopic (exact) mass is 288 g/mol. The van der Waals surface area contributed by atoms with E-state index in [0.29, 0.717) is 15.6 Å². The molecule has 17 heavy (non-hydrogen) atoms. The van der Waals surface area contributed by atoms with Crippen molar-refractivity contribution >= 4 is 34.8 Å². The zero-order chi connectivity index (χ0) is 12.4. The van der Waals surface area contributed by atoms with Gasteiger partial charge in [0.15, 0.2) is 0 Å². The normalized spacial score (nSPS) is 10.6. The van der Waals surface area contributed by atoms with E-state index in [0.717, 1.165) is 11.1 Å². The van der Waals surface area contributed by atoms with E-state index in [1.165, 1.54) is 6.07 Å². The second kappa shape index (κ2) is 5.26. The topological polar surface area (TPSA) is 0 Å². The minimum Gasteiger partial charge on any atom is -0.207 e. The molecule has 2 aromatic rings. The fourth-order valence-corrected chi connectivity index (χ4v) is 2.04. The van der Waals surface area contributed by atoms with Gasteiger partial charge >= 0.3 is 0 Å². The van der Waals surface area contributed by atoms with Crippen molar-refractivity contribution in [2.75, 3.05) is 0 Å². The highest BCUT2D eigenvalue weighted by Crippen LogP contribution is 2.29. The van der Waals surface area contributed by atoms with Gasteiger partial charge in [-0.1, -0.05) is 35.3 Å². The average Bonchev–Trinajstić information content (AvgIpc) is 2.33. The Kier molecular flexibility index (Phi) is 3.93. The molecular weight excluding hydrogens is 282 g/mol. The van der Waals surface area contributed by atoms with Gasteiger partial charge in [0.2, 0.25) is 0 Å². The molecule has 0 aliphatic heterocycles. The van der Waals surface area contributed by atoms with Crippen LogP contribution in [0.2, 0.25) is 10.0 Å². The lowest BCUT2D eigenvalue weighted by atomic mass is 10.0. The molecule has 0 saturated carbocycles. The van der Waals surface area contributed by atoms with E-state index in [9.17, 15) is 4.39 Å². The summed E-state index contributed by atoms with van der Waals surface area (Å²) in [5.41, 5.74) is 2.21. The molecule has 0 aliphatic rings. The summed E-state index contributed by atoms with van der Waals surface area (Å²) >= 11 is 17.4. The lowest BCUT2D eigenvalue weighted by molar-refractivity contribution is 0.617. The number of hydrogen-bond donors (Lipinski definition) is 0. The van der Waals surface area contributed by atoms with Crippen molar-refractivity contribution in [1.29, 1.82) is 0 Å². The molecule has 0 saturated heterocycles. The van der Waals surface area contributed by atoms with E-state index in [-0.39, 0.29) is 11.7 Å². The van der Waals surface area contributed by atoms with Gasteiger partial charge in [0.05, 0.1) is 15.9 Å². The molecule has 0 bridgehead atoms. The Labute approximate surface area is 114 Å². The maximum atomic E-state index is 13.3. The highest BCUT2D eigenvalue weighted by atomic mass is 35.5. The van der Waals surface area contributed by atoms with Crippen LogP contribution >= 0.6 is 34.8 Å². The third-order valence-corrected chi connectivity index (χ3v) is 3.47. The van der Waals surface area contributed by atoms with Crippen LogP contribution in [0, 0.1) is 5.82 Å². The van der Waals surface area contributed by atoms with Crippen LogP contribution in [0.4, 0.5) is 4.39 Å². The Morgan fingerprint density at radius 1 is 0.882 bits per heavy atom. The number of alkyl halides is 1. The molecule has 0 radical (unpaired) electrons. The Morgan fingerprint density at radius 2 is 1.53 bits per heavy atom. The Balaban J connectivity index is 2.49. The van der Waals surface area contributed by atoms with Crippen LogP contribution in [0.3, 0.4) is 0 Å². The highest BCUT2D eigenvalue weighted by molar-refractivity contribution is 6.42. The van der Waals surface area contributed by atoms with Crippen LogP contribution in [-0.2, 0) is 5.88 Å². The maximum absolute atomic E-state index is 13.3. The molecule has 0 fully saturated rings. The predicted molar refractivity (Wildman–Crippen MR) is 71.4 cm³/mol. The van der Waals surface area contributed by atoms with E-state index < -0.39 is 0 Å². The molecule has 0 atom stereocenters. The smallest absolute Gasteiger partial charge is 0.127 e. The van der Waals surface area contributed by atoms with Gasteiger partial charge in [0.1, 0.15) is 5.82 Å². The molecule has 0 spiro atoms. The Morgan fingerprint density at radius 3 is 2.18 bits per heavy atom. The number of hydrogen-bond acceptors (Lipinski definition) is 0. The fourth-order valence-electron chi connectivity index (χ4n) is 1.53. The summed E-state index contributed by atoms with van der Waals surface area (Å²) in [6.45, 7) is 0. The minimum absolute atomic E-state index is 0.140. The molecule has 2 rings (SSSR count). The highest BCUT2D eigenvalue weighted by Gasteiger charge is 2.06. The van der Waals surface area contributed by atoms with Crippen LogP contribution in [0.25, 0.3) is 11.1 Å². The number of halogens is 4. The summed E-state index contributed by atoms with van der Waals surface area (Å²) in [4.78, 5) is 0. The summed E-state index contributed by atoms with van der Waals surface area (Å²) in [5, 5.41) is 0.969. The quantitative estimate of drug-likeness (QED) is 0.637. The molecule has 0 unspecified atom stereocenters. The molecule has 0 N–H and O–H groups in total. The second-order valence-electron chi connectivity index (χ2n) is 3.57. The van der Waals surface area contributed by atoms with Crippen molar-refractivity contribution in [2.45, 2.75) is 5.88 Å². The molecule has 0 aliphatic carbocycles. The first-order valence-electron chi connectivity index (χ1n) is 4.91. The lowest BCUT2D eigenvalue weighted by Crippen LogP contribution is -1.87. The Bertz CT molecular complexity index is 552. The first-order valence-corrected chi connectivity index (χ1v) is 6.20. The van der Waals surface area contributed by atoms with Gasteiger partial charge in [-0.05, 0) is 35.4 Å². The van der Waals surface area contributed by atoms with E-state index >= 15 is 0 Å². The van der Waals surface area contributed by atoms with E-state index in [2.05, 4.69) is 0 Å². The van der Waals surface area contributed by atoms with Crippen LogP contribution in [0.15, 0.2) is 36.4 Å². The van der Waals surface area contributed by atoms with Crippen molar-refractivity contribution in [3.05, 3.63) is 57.8 Å². The molecule has 0 amide bonds. The van der Waals surface area contributed by atoms with E-state index in [4.69, 9.17) is 34.8 Å². The van der Waals surface area contributed by atoms with Gasteiger partial charge in [-0.25, -0.2) is 4.39 Å². The lowest BCUT2D eigenvalue weighted by Gasteiger charge is -2.06. The first kappa shape index (κ1) is 12.7. The zero-order valence-corrected chi connectivity index (χ0v) is 11.0. The summed E-state index contributed by atoms with van der Waals surface area (Å²) in [5.74, 6) is -0.162. The standard InChI is InChI=1S/C13H8Cl3F/c14-7-10-5-8(2-4-13(10)17)9-1-3-11(15)12(16)6-9/h1-6H,7H2. The molecule has 2 aromatic carbocycles. The third-order valence-electron chi connectivity index (χ3n) is 2.44. The maximum Gasteiger partial charge on any atom is 0.127 e. The SMILES string of the molecule is Fc1ccc(-c2ccc(Cl)c(Cl)c2)cc1CCl. The third kappa shape index (κ3) is 2.74. The van der Waals surface area contributed by atoms with Gasteiger partial charge in [0.25, 0.3) is 0 Å². The van der Waals surface area contributed by atoms with Gasteiger partial charge in [0, 0.05) is 5.56 Å². The van der Waals surface area contributed by atoms with Crippen LogP contribution in [-0.4, -0.2) is 0 Å². The number of benzene rings is 2. The summed E-state index contributed by atoms with van der Waals surface area (Å²) < 4.78 is 13.3. The van der Waals surface area contributed by atoms with Crippen LogP contribution in [0.1, 0.15) is 5.56 Å². The summed E-state index contributed by atoms with van der Waals surface area (Å²) in [6.07, 6.45) is 0. The molecule has 0 aromatic heterocycles. The molecule has 0 nitrogen and oxygen atoms in total. The van der Waals surface area contributed by atoms with Crippen molar-refractivity contribution in [2.24, 2.45) is 0 Å². The van der Waals surface area contributed by atoms with Gasteiger partial charge in [-0.2, -0.15) is 0 Å². The first-order chi connectivity index (χ1) is 8.11. The van der Waals surface area contributed by atoms with Crippen molar-refractivity contribution in [3.8, 4) is 11.1 Å². The van der Waals surface area contributed by atoms with Crippen LogP contribution in [0.5, 0.6) is 0 Å². The minimum atomic E-state index is -0.302. The summed E-state index contributed by atoms with van der Waals surface area (Å²) in [6, 6.07) is 10.1. The summed E-state index contributed by atoms with van der Waals surface area (Å²) in [7, 11) is 0. The average molecular weight is 290 g/mol. The largest absolute Gasteiger partial charge is 0.207 e. The van der Waals surface area contributed by atoms with Crippen LogP contribution < -0.4 is 0 Å². The van der Waals surface area contributed by atoms with E-state index in [1.807, 2.05) is 6.07 Å². The number of rotatable bonds is 2. The molecule has 4 heteroatoms. The van der Waals surface area contributed by atoms with E-state index in [1.54, 1.807) is 24.3 Å². The Hall–Kier alpha value is -0.760. The van der Waals surface area contributed by atoms with Gasteiger partial charge < -0.3 is 0 Å². The zero-order valence-electron chi connectivity index (χ0n) is 8.68. The van der Waals surface area contributed by atoms with Crippen molar-refractivity contribution < 1.29 is 4.39 Å². The molecule has 88 valence electrons. The predicted octanol–water partition coefficient (Wildman–Crippen LogP) is 5.54.